The fraction of sp³-hybridized carbons (Fsp3) is 0.0909. The molecule has 0 unspecified atom stereocenters. The number of methoxy groups -OCH3 is 1. The molecule has 5 nitrogen and oxygen atoms in total. The molecule has 0 saturated carbocycles. The van der Waals surface area contributed by atoms with Crippen LogP contribution in [0.1, 0.15) is 11.1 Å². The quantitative estimate of drug-likeness (QED) is 0.516. The van der Waals surface area contributed by atoms with Crippen LogP contribution in [0.5, 0.6) is 5.75 Å². The number of hydrogen-bond acceptors (Lipinski definition) is 4. The first-order valence-corrected chi connectivity index (χ1v) is 10.1. The van der Waals surface area contributed by atoms with Gasteiger partial charge >= 0.3 is 0 Å². The molecule has 0 bridgehead atoms. The highest BCUT2D eigenvalue weighted by Gasteiger charge is 2.35. The van der Waals surface area contributed by atoms with Crippen LogP contribution in [0.4, 0.5) is 4.79 Å². The van der Waals surface area contributed by atoms with Crippen molar-refractivity contribution in [2.75, 3.05) is 7.11 Å². The number of rotatable bonds is 5. The summed E-state index contributed by atoms with van der Waals surface area (Å²) in [5, 5.41) is 0.343. The van der Waals surface area contributed by atoms with E-state index in [0.29, 0.717) is 9.93 Å². The van der Waals surface area contributed by atoms with Crippen molar-refractivity contribution in [1.29, 1.82) is 0 Å². The Morgan fingerprint density at radius 2 is 1.76 bits per heavy atom. The molecule has 1 aliphatic heterocycles. The molecular weight excluding hydrogens is 408 g/mol. The molecule has 1 saturated heterocycles. The van der Waals surface area contributed by atoms with Gasteiger partial charge in [0.1, 0.15) is 5.75 Å². The Morgan fingerprint density at radius 1 is 1.03 bits per heavy atom. The van der Waals surface area contributed by atoms with E-state index in [9.17, 15) is 9.59 Å². The number of aromatic nitrogens is 1. The van der Waals surface area contributed by atoms with Crippen molar-refractivity contribution >= 4 is 40.6 Å². The van der Waals surface area contributed by atoms with Crippen LogP contribution in [0.15, 0.2) is 71.9 Å². The average molecular weight is 425 g/mol. The van der Waals surface area contributed by atoms with Gasteiger partial charge in [-0.05, 0) is 71.4 Å². The van der Waals surface area contributed by atoms with E-state index in [4.69, 9.17) is 16.3 Å². The zero-order valence-corrected chi connectivity index (χ0v) is 17.1. The first kappa shape index (κ1) is 19.4. The number of carbonyl (C=O) groups is 2. The van der Waals surface area contributed by atoms with Gasteiger partial charge in [-0.1, -0.05) is 23.7 Å². The van der Waals surface area contributed by atoms with Gasteiger partial charge in [0.15, 0.2) is 0 Å². The van der Waals surface area contributed by atoms with E-state index in [-0.39, 0.29) is 17.7 Å². The summed E-state index contributed by atoms with van der Waals surface area (Å²) in [5.41, 5.74) is 2.67. The van der Waals surface area contributed by atoms with Crippen LogP contribution >= 0.6 is 23.4 Å². The van der Waals surface area contributed by atoms with E-state index >= 15 is 0 Å². The van der Waals surface area contributed by atoms with Gasteiger partial charge in [0, 0.05) is 23.1 Å². The molecule has 2 aromatic carbocycles. The fourth-order valence-electron chi connectivity index (χ4n) is 2.97. The molecule has 3 aromatic rings. The van der Waals surface area contributed by atoms with Crippen LogP contribution in [0, 0.1) is 0 Å². The Labute approximate surface area is 177 Å². The van der Waals surface area contributed by atoms with Crippen LogP contribution in [0.2, 0.25) is 5.02 Å². The van der Waals surface area contributed by atoms with Gasteiger partial charge in [0.25, 0.3) is 11.1 Å². The first-order chi connectivity index (χ1) is 14.0. The number of ether oxygens (including phenoxy) is 1. The molecule has 29 heavy (non-hydrogen) atoms. The van der Waals surface area contributed by atoms with Crippen LogP contribution in [-0.2, 0) is 11.3 Å². The van der Waals surface area contributed by atoms with Gasteiger partial charge in [0.05, 0.1) is 18.6 Å². The van der Waals surface area contributed by atoms with E-state index in [2.05, 4.69) is 0 Å². The van der Waals surface area contributed by atoms with Crippen molar-refractivity contribution < 1.29 is 14.3 Å². The predicted molar refractivity (Wildman–Crippen MR) is 115 cm³/mol. The minimum Gasteiger partial charge on any atom is -0.497 e. The summed E-state index contributed by atoms with van der Waals surface area (Å²) in [6.45, 7) is 0.228. The van der Waals surface area contributed by atoms with Crippen LogP contribution in [0.25, 0.3) is 11.8 Å². The van der Waals surface area contributed by atoms with E-state index in [0.717, 1.165) is 34.3 Å². The zero-order chi connectivity index (χ0) is 20.4. The van der Waals surface area contributed by atoms with Crippen molar-refractivity contribution in [1.82, 2.24) is 9.47 Å². The van der Waals surface area contributed by atoms with Gasteiger partial charge in [-0.2, -0.15) is 0 Å². The lowest BCUT2D eigenvalue weighted by Crippen LogP contribution is -2.27. The number of amides is 2. The maximum Gasteiger partial charge on any atom is 0.293 e. The van der Waals surface area contributed by atoms with Crippen molar-refractivity contribution in [3.05, 3.63) is 88.0 Å². The molecule has 0 radical (unpaired) electrons. The van der Waals surface area contributed by atoms with Crippen molar-refractivity contribution in [2.24, 2.45) is 0 Å². The van der Waals surface area contributed by atoms with Crippen molar-refractivity contribution in [2.45, 2.75) is 6.54 Å². The predicted octanol–water partition coefficient (Wildman–Crippen LogP) is 5.38. The Kier molecular flexibility index (Phi) is 5.47. The third-order valence-electron chi connectivity index (χ3n) is 4.51. The molecular formula is C22H17ClN2O3S. The third kappa shape index (κ3) is 4.23. The zero-order valence-electron chi connectivity index (χ0n) is 15.5. The SMILES string of the molecule is COc1ccc(-n2ccc(/C=C3/SC(=O)N(Cc4ccc(Cl)cc4)C3=O)c2)cc1. The second-order valence-electron chi connectivity index (χ2n) is 6.44. The molecule has 2 amide bonds. The van der Waals surface area contributed by atoms with Gasteiger partial charge in [-0.3, -0.25) is 14.5 Å². The number of benzene rings is 2. The molecule has 1 aromatic heterocycles. The minimum atomic E-state index is -0.285. The van der Waals surface area contributed by atoms with Crippen molar-refractivity contribution in [3.63, 3.8) is 0 Å². The highest BCUT2D eigenvalue weighted by molar-refractivity contribution is 8.18. The molecule has 1 fully saturated rings. The lowest BCUT2D eigenvalue weighted by molar-refractivity contribution is -0.123. The van der Waals surface area contributed by atoms with E-state index in [1.54, 1.807) is 25.3 Å². The lowest BCUT2D eigenvalue weighted by Gasteiger charge is -2.12. The van der Waals surface area contributed by atoms with Gasteiger partial charge in [0.2, 0.25) is 0 Å². The molecule has 7 heteroatoms. The topological polar surface area (TPSA) is 51.5 Å². The summed E-state index contributed by atoms with van der Waals surface area (Å²) in [7, 11) is 1.63. The van der Waals surface area contributed by atoms with E-state index in [1.165, 1.54) is 4.90 Å². The summed E-state index contributed by atoms with van der Waals surface area (Å²) in [4.78, 5) is 26.7. The third-order valence-corrected chi connectivity index (χ3v) is 5.67. The largest absolute Gasteiger partial charge is 0.497 e. The number of thioether (sulfide) groups is 1. The normalized spacial score (nSPS) is 15.4. The smallest absolute Gasteiger partial charge is 0.293 e. The highest BCUT2D eigenvalue weighted by Crippen LogP contribution is 2.33. The monoisotopic (exact) mass is 424 g/mol. The summed E-state index contributed by atoms with van der Waals surface area (Å²) >= 11 is 6.85. The maximum atomic E-state index is 12.7. The van der Waals surface area contributed by atoms with Crippen LogP contribution in [-0.4, -0.2) is 27.7 Å². The molecule has 0 atom stereocenters. The summed E-state index contributed by atoms with van der Waals surface area (Å²) < 4.78 is 7.12. The molecule has 0 N–H and O–H groups in total. The van der Waals surface area contributed by atoms with E-state index < -0.39 is 0 Å². The molecule has 0 aliphatic carbocycles. The number of carbonyl (C=O) groups excluding carboxylic acids is 2. The molecule has 4 rings (SSSR count). The minimum absolute atomic E-state index is 0.228. The van der Waals surface area contributed by atoms with Gasteiger partial charge in [-0.25, -0.2) is 0 Å². The number of halogens is 1. The molecule has 146 valence electrons. The van der Waals surface area contributed by atoms with E-state index in [1.807, 2.05) is 59.4 Å². The lowest BCUT2D eigenvalue weighted by atomic mass is 10.2. The number of nitrogens with zero attached hydrogens (tertiary/aromatic N) is 2. The standard InChI is InChI=1S/C22H17ClN2O3S/c1-28-19-8-6-18(7-9-19)24-11-10-16(13-24)12-20-21(26)25(22(27)29-20)14-15-2-4-17(23)5-3-15/h2-13H,14H2,1H3/b20-12+. The molecule has 1 aliphatic rings. The Hall–Kier alpha value is -2.96. The average Bonchev–Trinajstić information content (AvgIpc) is 3.30. The highest BCUT2D eigenvalue weighted by atomic mass is 35.5. The molecule has 2 heterocycles. The fourth-order valence-corrected chi connectivity index (χ4v) is 3.94. The second-order valence-corrected chi connectivity index (χ2v) is 7.87. The molecule has 0 spiro atoms. The number of imide groups is 1. The van der Waals surface area contributed by atoms with Gasteiger partial charge < -0.3 is 9.30 Å². The Balaban J connectivity index is 1.51. The Morgan fingerprint density at radius 3 is 2.45 bits per heavy atom. The van der Waals surface area contributed by atoms with Gasteiger partial charge in [-0.15, -0.1) is 0 Å². The maximum absolute atomic E-state index is 12.7. The first-order valence-electron chi connectivity index (χ1n) is 8.86. The Bertz CT molecular complexity index is 1090. The summed E-state index contributed by atoms with van der Waals surface area (Å²) in [6, 6.07) is 16.7. The second kappa shape index (κ2) is 8.19. The summed E-state index contributed by atoms with van der Waals surface area (Å²) in [5.74, 6) is 0.502. The number of hydrogen-bond donors (Lipinski definition) is 0. The summed E-state index contributed by atoms with van der Waals surface area (Å²) in [6.07, 6.45) is 5.56. The van der Waals surface area contributed by atoms with Crippen molar-refractivity contribution in [3.8, 4) is 11.4 Å². The van der Waals surface area contributed by atoms with Crippen LogP contribution < -0.4 is 4.74 Å². The van der Waals surface area contributed by atoms with Crippen LogP contribution in [0.3, 0.4) is 0 Å².